The Morgan fingerprint density at radius 2 is 1.70 bits per heavy atom. The van der Waals surface area contributed by atoms with Crippen molar-refractivity contribution in [2.24, 2.45) is 0 Å². The molecule has 0 bridgehead atoms. The van der Waals surface area contributed by atoms with E-state index in [1.54, 1.807) is 19.2 Å². The van der Waals surface area contributed by atoms with Crippen LogP contribution in [0.1, 0.15) is 40.0 Å². The van der Waals surface area contributed by atoms with Crippen LogP contribution in [0.25, 0.3) is 5.69 Å². The zero-order valence-corrected chi connectivity index (χ0v) is 18.7. The van der Waals surface area contributed by atoms with Gasteiger partial charge in [-0.05, 0) is 36.4 Å². The molecule has 170 valence electrons. The number of Topliss-reactive ketones (excluding diaryl/α,β-unsaturated/α-hetero) is 1. The number of carbonyl (C=O) groups excluding carboxylic acids is 2. The van der Waals surface area contributed by atoms with Gasteiger partial charge in [0.25, 0.3) is 5.91 Å². The normalized spacial score (nSPS) is 16.8. The standard InChI is InChI=1S/C26H26N2O5/c1-31-20-15-22(32-2)24-21(29)17-26(33-23(24)16-20)9-13-28(14-10-26)25(30)18-5-7-19(8-6-18)27-11-3-4-12-27/h3-8,11-12,15-16H,9-10,13-14,17H2,1-2H3. The molecule has 2 aliphatic rings. The first-order chi connectivity index (χ1) is 16.0. The summed E-state index contributed by atoms with van der Waals surface area (Å²) in [5, 5.41) is 0. The van der Waals surface area contributed by atoms with E-state index in [9.17, 15) is 9.59 Å². The number of ether oxygens (including phenoxy) is 3. The second kappa shape index (κ2) is 8.31. The minimum Gasteiger partial charge on any atom is -0.496 e. The molecule has 0 N–H and O–H groups in total. The summed E-state index contributed by atoms with van der Waals surface area (Å²) < 4.78 is 19.1. The molecule has 7 nitrogen and oxygen atoms in total. The van der Waals surface area contributed by atoms with E-state index in [1.165, 1.54) is 7.11 Å². The van der Waals surface area contributed by atoms with Gasteiger partial charge in [0.15, 0.2) is 5.78 Å². The molecule has 1 amide bonds. The Labute approximate surface area is 192 Å². The Morgan fingerprint density at radius 3 is 2.33 bits per heavy atom. The maximum atomic E-state index is 13.1. The molecular weight excluding hydrogens is 420 g/mol. The maximum Gasteiger partial charge on any atom is 0.253 e. The summed E-state index contributed by atoms with van der Waals surface area (Å²) in [5.74, 6) is 1.51. The molecule has 0 radical (unpaired) electrons. The number of piperidine rings is 1. The van der Waals surface area contributed by atoms with E-state index < -0.39 is 5.60 Å². The fraction of sp³-hybridized carbons (Fsp3) is 0.308. The Balaban J connectivity index is 1.30. The summed E-state index contributed by atoms with van der Waals surface area (Å²) in [4.78, 5) is 27.9. The van der Waals surface area contributed by atoms with Crippen LogP contribution in [-0.4, -0.2) is 54.1 Å². The highest BCUT2D eigenvalue weighted by atomic mass is 16.5. The van der Waals surface area contributed by atoms with Crippen molar-refractivity contribution < 1.29 is 23.8 Å². The summed E-state index contributed by atoms with van der Waals surface area (Å²) in [7, 11) is 3.10. The minimum atomic E-state index is -0.615. The summed E-state index contributed by atoms with van der Waals surface area (Å²) in [6.07, 6.45) is 5.39. The molecule has 3 heterocycles. The molecule has 0 saturated carbocycles. The third kappa shape index (κ3) is 3.84. The summed E-state index contributed by atoms with van der Waals surface area (Å²) >= 11 is 0. The van der Waals surface area contributed by atoms with Gasteiger partial charge in [-0.2, -0.15) is 0 Å². The van der Waals surface area contributed by atoms with Crippen molar-refractivity contribution in [3.05, 3.63) is 72.1 Å². The summed E-state index contributed by atoms with van der Waals surface area (Å²) in [5.41, 5.74) is 1.51. The van der Waals surface area contributed by atoms with Gasteiger partial charge in [0, 0.05) is 61.7 Å². The van der Waals surface area contributed by atoms with Crippen LogP contribution in [0.5, 0.6) is 17.2 Å². The van der Waals surface area contributed by atoms with Gasteiger partial charge in [-0.15, -0.1) is 0 Å². The monoisotopic (exact) mass is 446 g/mol. The molecule has 33 heavy (non-hydrogen) atoms. The van der Waals surface area contributed by atoms with E-state index in [0.29, 0.717) is 54.3 Å². The van der Waals surface area contributed by atoms with Crippen molar-refractivity contribution in [3.63, 3.8) is 0 Å². The van der Waals surface area contributed by atoms with Crippen LogP contribution in [0.15, 0.2) is 60.9 Å². The highest BCUT2D eigenvalue weighted by Gasteiger charge is 2.45. The second-order valence-corrected chi connectivity index (χ2v) is 8.52. The van der Waals surface area contributed by atoms with E-state index in [2.05, 4.69) is 0 Å². The topological polar surface area (TPSA) is 70.0 Å². The van der Waals surface area contributed by atoms with Crippen LogP contribution in [0.4, 0.5) is 0 Å². The number of amides is 1. The number of nitrogens with zero attached hydrogens (tertiary/aromatic N) is 2. The largest absolute Gasteiger partial charge is 0.496 e. The number of rotatable bonds is 4. The van der Waals surface area contributed by atoms with E-state index in [0.717, 1.165) is 5.69 Å². The lowest BCUT2D eigenvalue weighted by Gasteiger charge is -2.44. The zero-order chi connectivity index (χ0) is 23.0. The lowest BCUT2D eigenvalue weighted by Crippen LogP contribution is -2.52. The third-order valence-electron chi connectivity index (χ3n) is 6.56. The fourth-order valence-electron chi connectivity index (χ4n) is 4.71. The van der Waals surface area contributed by atoms with E-state index in [4.69, 9.17) is 14.2 Å². The first-order valence-corrected chi connectivity index (χ1v) is 11.0. The molecule has 1 fully saturated rings. The quantitative estimate of drug-likeness (QED) is 0.603. The van der Waals surface area contributed by atoms with E-state index in [1.807, 2.05) is 58.3 Å². The predicted octanol–water partition coefficient (Wildman–Crippen LogP) is 4.13. The smallest absolute Gasteiger partial charge is 0.253 e. The maximum absolute atomic E-state index is 13.1. The Hall–Kier alpha value is -3.74. The number of carbonyl (C=O) groups is 2. The van der Waals surface area contributed by atoms with Crippen molar-refractivity contribution >= 4 is 11.7 Å². The number of methoxy groups -OCH3 is 2. The minimum absolute atomic E-state index is 0.00358. The van der Waals surface area contributed by atoms with Crippen LogP contribution in [0.2, 0.25) is 0 Å². The van der Waals surface area contributed by atoms with Crippen molar-refractivity contribution in [2.45, 2.75) is 24.9 Å². The zero-order valence-electron chi connectivity index (χ0n) is 18.7. The molecule has 2 aromatic carbocycles. The van der Waals surface area contributed by atoms with Gasteiger partial charge in [0.2, 0.25) is 0 Å². The van der Waals surface area contributed by atoms with E-state index >= 15 is 0 Å². The molecule has 1 saturated heterocycles. The predicted molar refractivity (Wildman–Crippen MR) is 123 cm³/mol. The number of ketones is 1. The molecule has 7 heteroatoms. The Morgan fingerprint density at radius 1 is 1.00 bits per heavy atom. The molecule has 0 atom stereocenters. The lowest BCUT2D eigenvalue weighted by atomic mass is 9.82. The van der Waals surface area contributed by atoms with Crippen molar-refractivity contribution in [1.82, 2.24) is 9.47 Å². The third-order valence-corrected chi connectivity index (χ3v) is 6.56. The van der Waals surface area contributed by atoms with Crippen LogP contribution in [0, 0.1) is 0 Å². The lowest BCUT2D eigenvalue weighted by molar-refractivity contribution is -0.00610. The highest BCUT2D eigenvalue weighted by Crippen LogP contribution is 2.44. The van der Waals surface area contributed by atoms with Crippen molar-refractivity contribution in [1.29, 1.82) is 0 Å². The Bertz CT molecular complexity index is 1180. The van der Waals surface area contributed by atoms with E-state index in [-0.39, 0.29) is 18.1 Å². The number of hydrogen-bond donors (Lipinski definition) is 0. The molecule has 5 rings (SSSR count). The molecule has 2 aliphatic heterocycles. The van der Waals surface area contributed by atoms with Gasteiger partial charge < -0.3 is 23.7 Å². The average Bonchev–Trinajstić information content (AvgIpc) is 3.38. The van der Waals surface area contributed by atoms with Gasteiger partial charge in [0.05, 0.1) is 20.6 Å². The molecule has 0 aliphatic carbocycles. The van der Waals surface area contributed by atoms with Gasteiger partial charge in [-0.1, -0.05) is 0 Å². The van der Waals surface area contributed by atoms with Gasteiger partial charge in [-0.25, -0.2) is 0 Å². The molecule has 1 spiro atoms. The number of fused-ring (bicyclic) bond motifs is 1. The van der Waals surface area contributed by atoms with Crippen molar-refractivity contribution in [2.75, 3.05) is 27.3 Å². The summed E-state index contributed by atoms with van der Waals surface area (Å²) in [6, 6.07) is 15.0. The number of hydrogen-bond acceptors (Lipinski definition) is 5. The molecule has 3 aromatic rings. The number of likely N-dealkylation sites (tertiary alicyclic amines) is 1. The van der Waals surface area contributed by atoms with Crippen LogP contribution >= 0.6 is 0 Å². The highest BCUT2D eigenvalue weighted by molar-refractivity contribution is 6.03. The van der Waals surface area contributed by atoms with Crippen LogP contribution < -0.4 is 14.2 Å². The van der Waals surface area contributed by atoms with Gasteiger partial charge >= 0.3 is 0 Å². The first-order valence-electron chi connectivity index (χ1n) is 11.0. The van der Waals surface area contributed by atoms with Crippen LogP contribution in [-0.2, 0) is 0 Å². The average molecular weight is 447 g/mol. The van der Waals surface area contributed by atoms with Crippen molar-refractivity contribution in [3.8, 4) is 22.9 Å². The molecule has 0 unspecified atom stereocenters. The SMILES string of the molecule is COc1cc(OC)c2c(c1)OC1(CCN(C(=O)c3ccc(-n4cccc4)cc3)CC1)CC2=O. The second-order valence-electron chi connectivity index (χ2n) is 8.52. The Kier molecular flexibility index (Phi) is 5.32. The van der Waals surface area contributed by atoms with Crippen LogP contribution in [0.3, 0.4) is 0 Å². The van der Waals surface area contributed by atoms with Gasteiger partial charge in [0.1, 0.15) is 28.4 Å². The molecule has 1 aromatic heterocycles. The first kappa shape index (κ1) is 21.1. The summed E-state index contributed by atoms with van der Waals surface area (Å²) in [6.45, 7) is 1.06. The van der Waals surface area contributed by atoms with Gasteiger partial charge in [-0.3, -0.25) is 9.59 Å². The molecular formula is C26H26N2O5. The number of benzene rings is 2. The number of aromatic nitrogens is 1. The fourth-order valence-corrected chi connectivity index (χ4v) is 4.71.